The molecule has 0 aromatic rings. The molecule has 14 heteroatoms. The van der Waals surface area contributed by atoms with E-state index in [0.29, 0.717) is 63.4 Å². The number of nitrogens with zero attached hydrogens (tertiary/aromatic N) is 1. The maximum Gasteiger partial charge on any atom is 0.329 e. The van der Waals surface area contributed by atoms with Crippen LogP contribution in [0.5, 0.6) is 0 Å². The zero-order chi connectivity index (χ0) is 48.2. The Kier molecular flexibility index (Phi) is 21.3. The highest BCUT2D eigenvalue weighted by Gasteiger charge is 2.53. The van der Waals surface area contributed by atoms with Gasteiger partial charge < -0.3 is 49.0 Å². The van der Waals surface area contributed by atoms with Gasteiger partial charge in [0.05, 0.1) is 30.5 Å². The number of ether oxygens (including phenoxy) is 5. The quantitative estimate of drug-likeness (QED) is 0.138. The van der Waals surface area contributed by atoms with Gasteiger partial charge in [-0.1, -0.05) is 71.1 Å². The van der Waals surface area contributed by atoms with Gasteiger partial charge in [0.1, 0.15) is 30.1 Å². The van der Waals surface area contributed by atoms with E-state index < -0.39 is 84.1 Å². The van der Waals surface area contributed by atoms with Gasteiger partial charge in [-0.2, -0.15) is 0 Å². The van der Waals surface area contributed by atoms with Crippen molar-refractivity contribution in [3.05, 3.63) is 47.6 Å². The third-order valence-corrected chi connectivity index (χ3v) is 14.7. The number of carbonyl (C=O) groups is 4. The summed E-state index contributed by atoms with van der Waals surface area (Å²) in [5.74, 6) is -7.35. The highest BCUT2D eigenvalue weighted by atomic mass is 16.6. The summed E-state index contributed by atoms with van der Waals surface area (Å²) in [5, 5.41) is 45.3. The lowest BCUT2D eigenvalue weighted by molar-refractivity contribution is -0.265. The number of ketones is 2. The minimum Gasteiger partial charge on any atom is -0.460 e. The molecule has 0 spiro atoms. The number of allylic oxidation sites excluding steroid dienone is 6. The van der Waals surface area contributed by atoms with Crippen LogP contribution in [0.1, 0.15) is 126 Å². The lowest BCUT2D eigenvalue weighted by Gasteiger charge is -2.42. The number of methoxy groups -OCH3 is 3. The predicted molar refractivity (Wildman–Crippen MR) is 246 cm³/mol. The molecular weight excluding hydrogens is 835 g/mol. The van der Waals surface area contributed by atoms with Crippen molar-refractivity contribution in [2.24, 2.45) is 35.5 Å². The van der Waals surface area contributed by atoms with Crippen molar-refractivity contribution >= 4 is 23.4 Å². The number of aliphatic hydroxyl groups excluding tert-OH is 3. The highest BCUT2D eigenvalue weighted by molar-refractivity contribution is 6.39. The molecule has 0 radical (unpaired) electrons. The summed E-state index contributed by atoms with van der Waals surface area (Å²) in [7, 11) is 4.59. The molecule has 65 heavy (non-hydrogen) atoms. The molecule has 0 aromatic heterocycles. The van der Waals surface area contributed by atoms with E-state index in [-0.39, 0.29) is 54.9 Å². The van der Waals surface area contributed by atoms with Gasteiger partial charge in [0, 0.05) is 52.6 Å². The Labute approximate surface area is 387 Å². The summed E-state index contributed by atoms with van der Waals surface area (Å²) in [5.41, 5.74) is 1.34. The summed E-state index contributed by atoms with van der Waals surface area (Å²) in [6, 6.07) is -1.13. The SMILES string of the molecule is COC1CC2CC[C@@H](C)C(O)(O2)C(=O)C(=O)N2CCCCC2C(=O)OC(C(C)CC2CCC(O)C(OC)C2)CC(=O)C(C)/C=C(\C)C(O)C(OC)C(O)[C@H](C)CC(C)/C=C/C=C/C=C/1C. The maximum absolute atomic E-state index is 14.4. The number of aliphatic hydroxyl groups is 4. The fraction of sp³-hybridized carbons (Fsp3) is 0.765. The van der Waals surface area contributed by atoms with E-state index in [1.165, 1.54) is 12.0 Å². The molecule has 2 bridgehead atoms. The topological polar surface area (TPSA) is 199 Å². The number of cyclic esters (lactones) is 1. The van der Waals surface area contributed by atoms with Crippen molar-refractivity contribution in [2.75, 3.05) is 27.9 Å². The van der Waals surface area contributed by atoms with E-state index in [9.17, 15) is 39.6 Å². The van der Waals surface area contributed by atoms with E-state index in [4.69, 9.17) is 23.7 Å². The number of hydrogen-bond acceptors (Lipinski definition) is 13. The Morgan fingerprint density at radius 3 is 2.25 bits per heavy atom. The second-order valence-electron chi connectivity index (χ2n) is 19.8. The van der Waals surface area contributed by atoms with Gasteiger partial charge in [-0.3, -0.25) is 14.4 Å². The van der Waals surface area contributed by atoms with Crippen molar-refractivity contribution in [3.63, 3.8) is 0 Å². The Balaban J connectivity index is 1.70. The van der Waals surface area contributed by atoms with E-state index >= 15 is 0 Å². The number of piperidine rings is 1. The summed E-state index contributed by atoms with van der Waals surface area (Å²) in [4.78, 5) is 58.1. The van der Waals surface area contributed by atoms with Crippen LogP contribution in [0.25, 0.3) is 0 Å². The first-order valence-electron chi connectivity index (χ1n) is 24.1. The van der Waals surface area contributed by atoms with Crippen LogP contribution in [0.4, 0.5) is 0 Å². The van der Waals surface area contributed by atoms with Crippen LogP contribution in [0.15, 0.2) is 47.6 Å². The predicted octanol–water partition coefficient (Wildman–Crippen LogP) is 5.97. The molecular formula is C51H81NO13. The van der Waals surface area contributed by atoms with E-state index in [1.807, 2.05) is 58.1 Å². The highest BCUT2D eigenvalue weighted by Crippen LogP contribution is 2.38. The van der Waals surface area contributed by atoms with Crippen molar-refractivity contribution < 1.29 is 63.3 Å². The van der Waals surface area contributed by atoms with E-state index in [2.05, 4.69) is 0 Å². The number of fused-ring (bicyclic) bond motifs is 3. The molecule has 4 aliphatic rings. The number of Topliss-reactive ketones (excluding diaryl/α,β-unsaturated/α-hetero) is 2. The molecule has 4 N–H and O–H groups in total. The molecule has 14 nitrogen and oxygen atoms in total. The second kappa shape index (κ2) is 25.3. The average molecular weight is 916 g/mol. The number of hydrogen-bond donors (Lipinski definition) is 4. The molecule has 3 aliphatic heterocycles. The summed E-state index contributed by atoms with van der Waals surface area (Å²) in [6.07, 6.45) is 10.9. The van der Waals surface area contributed by atoms with Gasteiger partial charge in [0.15, 0.2) is 0 Å². The first kappa shape index (κ1) is 54.5. The summed E-state index contributed by atoms with van der Waals surface area (Å²) in [6.45, 7) is 13.0. The van der Waals surface area contributed by atoms with Crippen LogP contribution < -0.4 is 0 Å². The molecule has 1 amide bonds. The van der Waals surface area contributed by atoms with Crippen LogP contribution in [-0.2, 0) is 42.9 Å². The Morgan fingerprint density at radius 1 is 0.846 bits per heavy atom. The third kappa shape index (κ3) is 14.5. The Morgan fingerprint density at radius 2 is 1.57 bits per heavy atom. The first-order chi connectivity index (χ1) is 30.7. The van der Waals surface area contributed by atoms with E-state index in [0.717, 1.165) is 12.0 Å². The zero-order valence-electron chi connectivity index (χ0n) is 40.7. The molecule has 368 valence electrons. The van der Waals surface area contributed by atoms with Crippen molar-refractivity contribution in [2.45, 2.75) is 186 Å². The van der Waals surface area contributed by atoms with E-state index in [1.54, 1.807) is 41.1 Å². The summed E-state index contributed by atoms with van der Waals surface area (Å²) < 4.78 is 29.5. The smallest absolute Gasteiger partial charge is 0.329 e. The average Bonchev–Trinajstić information content (AvgIpc) is 3.28. The second-order valence-corrected chi connectivity index (χ2v) is 19.8. The zero-order valence-corrected chi connectivity index (χ0v) is 40.7. The van der Waals surface area contributed by atoms with Crippen molar-refractivity contribution in [1.82, 2.24) is 4.90 Å². The number of amides is 1. The van der Waals surface area contributed by atoms with Crippen LogP contribution in [0.3, 0.4) is 0 Å². The van der Waals surface area contributed by atoms with Crippen LogP contribution in [-0.4, -0.2) is 137 Å². The standard InChI is InChI=1S/C51H81NO13/c1-30-16-12-11-13-17-31(2)42(61-8)28-38-21-19-36(7)51(60,65-38)48(57)49(58)52-23-15-14-18-39(52)50(59)64-43(33(4)26-37-20-22-40(53)44(27-37)62-9)29-41(54)32(3)25-35(6)46(56)47(63-10)45(55)34(5)24-30/h11-13,16-17,25,30,32-34,36-40,42-47,53,55-56,60H,14-15,18-24,26-29H2,1-10H3/b13-11+,16-12+,31-17+,35-25+/t30?,32?,33?,34-,36-,37?,38?,39?,40?,42?,43?,44?,45?,46?,47?,51?/m1/s1. The largest absolute Gasteiger partial charge is 0.460 e. The van der Waals surface area contributed by atoms with Gasteiger partial charge in [-0.25, -0.2) is 4.79 Å². The number of carbonyl (C=O) groups excluding carboxylic acids is 4. The third-order valence-electron chi connectivity index (χ3n) is 14.7. The summed E-state index contributed by atoms with van der Waals surface area (Å²) >= 11 is 0. The van der Waals surface area contributed by atoms with Gasteiger partial charge in [-0.15, -0.1) is 0 Å². The van der Waals surface area contributed by atoms with Gasteiger partial charge >= 0.3 is 5.97 Å². The number of esters is 1. The molecule has 16 atom stereocenters. The monoisotopic (exact) mass is 916 g/mol. The molecule has 2 saturated heterocycles. The van der Waals surface area contributed by atoms with Crippen LogP contribution in [0.2, 0.25) is 0 Å². The molecule has 3 fully saturated rings. The molecule has 14 unspecified atom stereocenters. The first-order valence-corrected chi connectivity index (χ1v) is 24.1. The molecule has 3 heterocycles. The minimum atomic E-state index is -2.42. The fourth-order valence-corrected chi connectivity index (χ4v) is 10.3. The molecule has 1 saturated carbocycles. The lowest BCUT2D eigenvalue weighted by Crippen LogP contribution is -2.61. The Hall–Kier alpha value is -3.08. The van der Waals surface area contributed by atoms with Crippen LogP contribution in [0, 0.1) is 35.5 Å². The molecule has 0 aromatic carbocycles. The normalized spacial score (nSPS) is 41.5. The maximum atomic E-state index is 14.4. The minimum absolute atomic E-state index is 0.0801. The van der Waals surface area contributed by atoms with Crippen molar-refractivity contribution in [3.8, 4) is 0 Å². The van der Waals surface area contributed by atoms with Crippen LogP contribution >= 0.6 is 0 Å². The Bertz CT molecular complexity index is 1710. The van der Waals surface area contributed by atoms with Crippen molar-refractivity contribution in [1.29, 1.82) is 0 Å². The fourth-order valence-electron chi connectivity index (χ4n) is 10.3. The number of rotatable bonds is 6. The van der Waals surface area contributed by atoms with Gasteiger partial charge in [0.25, 0.3) is 11.7 Å². The molecule has 4 rings (SSSR count). The van der Waals surface area contributed by atoms with Gasteiger partial charge in [-0.05, 0) is 113 Å². The van der Waals surface area contributed by atoms with Gasteiger partial charge in [0.2, 0.25) is 5.79 Å². The lowest BCUT2D eigenvalue weighted by atomic mass is 9.78. The molecule has 1 aliphatic carbocycles.